The molecule has 1 saturated carbocycles. The Bertz CT molecular complexity index is 1220. The van der Waals surface area contributed by atoms with Crippen LogP contribution in [0.4, 0.5) is 10.3 Å². The van der Waals surface area contributed by atoms with E-state index in [1.165, 1.54) is 12.3 Å². The Morgan fingerprint density at radius 2 is 2.00 bits per heavy atom. The smallest absolute Gasteiger partial charge is 0.223 e. The summed E-state index contributed by atoms with van der Waals surface area (Å²) in [6.07, 6.45) is 2.32. The number of hydrogen-bond donors (Lipinski definition) is 3. The molecular weight excluding hydrogens is 449 g/mol. The van der Waals surface area contributed by atoms with Gasteiger partial charge < -0.3 is 24.8 Å². The van der Waals surface area contributed by atoms with E-state index >= 15 is 4.39 Å². The molecule has 0 unspecified atom stereocenters. The number of aliphatic hydroxyl groups is 2. The second-order valence-corrected chi connectivity index (χ2v) is 10.1. The highest BCUT2D eigenvalue weighted by Crippen LogP contribution is 2.37. The predicted molar refractivity (Wildman–Crippen MR) is 123 cm³/mol. The molecule has 2 aromatic heterocycles. The van der Waals surface area contributed by atoms with Crippen molar-refractivity contribution in [2.45, 2.75) is 76.5 Å². The van der Waals surface area contributed by atoms with Crippen LogP contribution in [0.5, 0.6) is 0 Å². The van der Waals surface area contributed by atoms with Gasteiger partial charge >= 0.3 is 0 Å². The molecule has 3 aliphatic rings. The lowest BCUT2D eigenvalue weighted by Gasteiger charge is -2.48. The molecule has 3 fully saturated rings. The fourth-order valence-corrected chi connectivity index (χ4v) is 4.94. The fraction of sp³-hybridized carbons (Fsp3) is 0.522. The molecule has 4 atom stereocenters. The van der Waals surface area contributed by atoms with Gasteiger partial charge in [0.05, 0.1) is 40.7 Å². The van der Waals surface area contributed by atoms with Gasteiger partial charge in [-0.2, -0.15) is 0 Å². The molecule has 2 aliphatic heterocycles. The van der Waals surface area contributed by atoms with Gasteiger partial charge in [-0.15, -0.1) is 0 Å². The molecule has 176 valence electrons. The van der Waals surface area contributed by atoms with Crippen molar-refractivity contribution in [3.63, 3.8) is 0 Å². The van der Waals surface area contributed by atoms with Crippen LogP contribution < -0.4 is 5.32 Å². The highest BCUT2D eigenvalue weighted by atomic mass is 35.5. The van der Waals surface area contributed by atoms with Crippen LogP contribution in [0.15, 0.2) is 18.3 Å². The zero-order valence-corrected chi connectivity index (χ0v) is 19.6. The largest absolute Gasteiger partial charge is 0.388 e. The second kappa shape index (κ2) is 7.87. The van der Waals surface area contributed by atoms with Gasteiger partial charge in [-0.25, -0.2) is 19.3 Å². The van der Waals surface area contributed by atoms with Crippen molar-refractivity contribution >= 4 is 28.6 Å². The zero-order chi connectivity index (χ0) is 23.7. The number of rotatable bonds is 5. The van der Waals surface area contributed by atoms with Crippen molar-refractivity contribution in [2.75, 3.05) is 5.32 Å². The molecule has 1 aromatic carbocycles. The van der Waals surface area contributed by atoms with Crippen LogP contribution in [0.3, 0.4) is 0 Å². The molecule has 6 rings (SSSR count). The molecule has 4 heterocycles. The van der Waals surface area contributed by atoms with Crippen LogP contribution in [0, 0.1) is 5.82 Å². The van der Waals surface area contributed by atoms with Crippen LogP contribution in [-0.2, 0) is 10.3 Å². The number of anilines is 1. The molecule has 0 spiro atoms. The first kappa shape index (κ1) is 22.5. The molecule has 3 aromatic rings. The van der Waals surface area contributed by atoms with Crippen LogP contribution in [-0.4, -0.2) is 54.1 Å². The molecule has 33 heavy (non-hydrogen) atoms. The predicted octanol–water partition coefficient (Wildman–Crippen LogP) is 3.80. The van der Waals surface area contributed by atoms with E-state index in [9.17, 15) is 10.2 Å². The Kier molecular flexibility index (Phi) is 5.36. The highest BCUT2D eigenvalue weighted by Gasteiger charge is 2.46. The van der Waals surface area contributed by atoms with Gasteiger partial charge in [-0.3, -0.25) is 0 Å². The standard InChI is InChI=1S/C23H27ClFN5O3/c1-10(2)30-16-6-11(5-14(25)19(16)28-21(30)23(3,4)32)18-13(24)9-26-22(29-18)27-15-7-12-8-17(33-12)20(15)31/h5-6,9-10,12,15,17,20,31-32H,7-8H2,1-4H3,(H,26,27,29)/t12-,15+,17-,20-/m1/s1. The summed E-state index contributed by atoms with van der Waals surface area (Å²) in [5.41, 5.74) is 0.307. The number of nitrogens with one attached hydrogen (secondary N) is 1. The van der Waals surface area contributed by atoms with Crippen molar-refractivity contribution in [3.05, 3.63) is 35.0 Å². The Balaban J connectivity index is 1.56. The molecule has 2 saturated heterocycles. The normalized spacial score (nSPS) is 24.9. The van der Waals surface area contributed by atoms with Crippen LogP contribution in [0.2, 0.25) is 5.02 Å². The summed E-state index contributed by atoms with van der Waals surface area (Å²) in [4.78, 5) is 13.2. The van der Waals surface area contributed by atoms with E-state index in [-0.39, 0.29) is 34.8 Å². The number of aliphatic hydroxyl groups excluding tert-OH is 1. The van der Waals surface area contributed by atoms with Crippen LogP contribution >= 0.6 is 11.6 Å². The maximum absolute atomic E-state index is 15.2. The van der Waals surface area contributed by atoms with E-state index in [0.29, 0.717) is 35.0 Å². The topological polar surface area (TPSA) is 105 Å². The van der Waals surface area contributed by atoms with Crippen molar-refractivity contribution in [2.24, 2.45) is 0 Å². The maximum Gasteiger partial charge on any atom is 0.223 e. The Morgan fingerprint density at radius 1 is 1.27 bits per heavy atom. The van der Waals surface area contributed by atoms with Crippen molar-refractivity contribution < 1.29 is 19.3 Å². The number of imidazole rings is 1. The van der Waals surface area contributed by atoms with Crippen molar-refractivity contribution in [1.82, 2.24) is 19.5 Å². The van der Waals surface area contributed by atoms with Crippen molar-refractivity contribution in [1.29, 1.82) is 0 Å². The van der Waals surface area contributed by atoms with Crippen LogP contribution in [0.1, 0.15) is 52.4 Å². The molecule has 0 amide bonds. The number of halogens is 2. The van der Waals surface area contributed by atoms with E-state index in [0.717, 1.165) is 6.42 Å². The first-order valence-electron chi connectivity index (χ1n) is 11.1. The van der Waals surface area contributed by atoms with E-state index in [4.69, 9.17) is 16.3 Å². The maximum atomic E-state index is 15.2. The molecule has 3 N–H and O–H groups in total. The molecule has 10 heteroatoms. The SMILES string of the molecule is CC(C)n1c(C(C)(C)O)nc2c(F)cc(-c3nc(N[C@H]4C[C@@H]5C[C@@H](O5)[C@@H]4O)ncc3Cl)cc21. The summed E-state index contributed by atoms with van der Waals surface area (Å²) >= 11 is 6.41. The van der Waals surface area contributed by atoms with E-state index < -0.39 is 17.5 Å². The number of benzene rings is 1. The molecule has 0 radical (unpaired) electrons. The van der Waals surface area contributed by atoms with E-state index in [2.05, 4.69) is 20.3 Å². The van der Waals surface area contributed by atoms with Crippen molar-refractivity contribution in [3.8, 4) is 11.3 Å². The second-order valence-electron chi connectivity index (χ2n) is 9.68. The Morgan fingerprint density at radius 3 is 2.64 bits per heavy atom. The average Bonchev–Trinajstić information content (AvgIpc) is 3.11. The summed E-state index contributed by atoms with van der Waals surface area (Å²) in [6.45, 7) is 7.15. The Hall–Kier alpha value is -2.33. The van der Waals surface area contributed by atoms with E-state index in [1.54, 1.807) is 19.9 Å². The van der Waals surface area contributed by atoms with Gasteiger partial charge in [0.15, 0.2) is 5.82 Å². The van der Waals surface area contributed by atoms with Crippen LogP contribution in [0.25, 0.3) is 22.3 Å². The summed E-state index contributed by atoms with van der Waals surface area (Å²) < 4.78 is 22.6. The minimum atomic E-state index is -1.25. The lowest BCUT2D eigenvalue weighted by molar-refractivity contribution is -0.210. The van der Waals surface area contributed by atoms with Gasteiger partial charge in [0.2, 0.25) is 5.95 Å². The number of hydrogen-bond acceptors (Lipinski definition) is 7. The van der Waals surface area contributed by atoms with Gasteiger partial charge in [0, 0.05) is 18.0 Å². The molecule has 8 nitrogen and oxygen atoms in total. The lowest BCUT2D eigenvalue weighted by atomic mass is 9.83. The lowest BCUT2D eigenvalue weighted by Crippen LogP contribution is -2.59. The average molecular weight is 476 g/mol. The summed E-state index contributed by atoms with van der Waals surface area (Å²) in [7, 11) is 0. The molecular formula is C23H27ClFN5O3. The summed E-state index contributed by atoms with van der Waals surface area (Å²) in [5.74, 6) is 0.151. The molecule has 2 bridgehead atoms. The minimum absolute atomic E-state index is 0.0642. The third-order valence-electron chi connectivity index (χ3n) is 6.32. The number of ether oxygens (including phenoxy) is 1. The number of fused-ring (bicyclic) bond motifs is 3. The molecule has 1 aliphatic carbocycles. The van der Waals surface area contributed by atoms with Gasteiger partial charge in [0.1, 0.15) is 23.0 Å². The fourth-order valence-electron chi connectivity index (χ4n) is 4.74. The van der Waals surface area contributed by atoms with Gasteiger partial charge in [0.25, 0.3) is 0 Å². The van der Waals surface area contributed by atoms with E-state index in [1.807, 2.05) is 18.4 Å². The minimum Gasteiger partial charge on any atom is -0.388 e. The number of aromatic nitrogens is 4. The third kappa shape index (κ3) is 3.86. The first-order valence-corrected chi connectivity index (χ1v) is 11.5. The van der Waals surface area contributed by atoms with Gasteiger partial charge in [-0.1, -0.05) is 11.6 Å². The monoisotopic (exact) mass is 475 g/mol. The third-order valence-corrected chi connectivity index (χ3v) is 6.59. The quantitative estimate of drug-likeness (QED) is 0.515. The van der Waals surface area contributed by atoms with Gasteiger partial charge in [-0.05, 0) is 46.2 Å². The Labute approximate surface area is 195 Å². The summed E-state index contributed by atoms with van der Waals surface area (Å²) in [6, 6.07) is 2.82. The highest BCUT2D eigenvalue weighted by molar-refractivity contribution is 6.33. The summed E-state index contributed by atoms with van der Waals surface area (Å²) in [5, 5.41) is 24.5. The first-order chi connectivity index (χ1) is 15.5. The zero-order valence-electron chi connectivity index (χ0n) is 18.9. The number of nitrogens with zero attached hydrogens (tertiary/aromatic N) is 4.